The van der Waals surface area contributed by atoms with Crippen LogP contribution in [-0.2, 0) is 0 Å². The van der Waals surface area contributed by atoms with Gasteiger partial charge >= 0.3 is 0 Å². The molecule has 4 rings (SSSR count). The zero-order valence-corrected chi connectivity index (χ0v) is 20.7. The number of nitrogens with one attached hydrogen (secondary N) is 1. The highest BCUT2D eigenvalue weighted by molar-refractivity contribution is 14.2. The van der Waals surface area contributed by atoms with Gasteiger partial charge < -0.3 is 15.8 Å². The number of alkyl halides is 2. The molecule has 0 saturated heterocycles. The van der Waals surface area contributed by atoms with Crippen LogP contribution in [0, 0.1) is 0 Å². The number of halogens is 2. The molecule has 2 heterocycles. The zero-order chi connectivity index (χ0) is 21.3. The lowest BCUT2D eigenvalue weighted by Crippen LogP contribution is -2.09. The summed E-state index contributed by atoms with van der Waals surface area (Å²) in [5, 5.41) is 3.23. The summed E-state index contributed by atoms with van der Waals surface area (Å²) in [6, 6.07) is 17.4. The van der Waals surface area contributed by atoms with E-state index in [1.54, 1.807) is 6.07 Å². The van der Waals surface area contributed by atoms with Gasteiger partial charge in [0.2, 0.25) is 5.95 Å². The van der Waals surface area contributed by atoms with Crippen molar-refractivity contribution in [1.29, 1.82) is 0 Å². The molecule has 0 aliphatic carbocycles. The predicted molar refractivity (Wildman–Crippen MR) is 137 cm³/mol. The van der Waals surface area contributed by atoms with Crippen LogP contribution in [0.1, 0.15) is 25.6 Å². The summed E-state index contributed by atoms with van der Waals surface area (Å²) in [4.78, 5) is 13.9. The molecule has 0 aliphatic heterocycles. The molecule has 0 fully saturated rings. The number of nitrogens with two attached hydrogens (primary N) is 1. The van der Waals surface area contributed by atoms with Crippen LogP contribution in [0.2, 0.25) is 0 Å². The summed E-state index contributed by atoms with van der Waals surface area (Å²) >= 11 is 4.41. The molecule has 0 atom stereocenters. The minimum Gasteiger partial charge on any atom is -0.470 e. The molecule has 154 valence electrons. The maximum Gasteiger partial charge on any atom is 0.231 e. The number of benzene rings is 2. The van der Waals surface area contributed by atoms with Crippen molar-refractivity contribution in [3.05, 3.63) is 60.4 Å². The van der Waals surface area contributed by atoms with E-state index in [9.17, 15) is 0 Å². The number of ether oxygens (including phenoxy) is 1. The summed E-state index contributed by atoms with van der Waals surface area (Å²) in [6.07, 6.45) is 0. The standard InChI is InChI=1S/C21H20I2N6O/c1-12(2)19-26-15-5-3-4-6-16(15)29(19)18-11-17(24)27-21(28-18)25-13-7-9-14(10-8-13)30-20(22)23/h3-12,20H,1-2H3,(H3,24,25,27,28). The number of imidazole rings is 1. The van der Waals surface area contributed by atoms with E-state index in [-0.39, 0.29) is 8.04 Å². The number of nitrogen functional groups attached to an aromatic ring is 1. The largest absolute Gasteiger partial charge is 0.470 e. The third-order valence-electron chi connectivity index (χ3n) is 4.40. The molecule has 4 aromatic rings. The van der Waals surface area contributed by atoms with Crippen molar-refractivity contribution in [3.63, 3.8) is 0 Å². The third kappa shape index (κ3) is 4.61. The minimum atomic E-state index is 0.0685. The molecular weight excluding hydrogens is 606 g/mol. The molecule has 0 unspecified atom stereocenters. The Labute approximate surface area is 201 Å². The van der Waals surface area contributed by atoms with Crippen molar-refractivity contribution in [1.82, 2.24) is 19.5 Å². The van der Waals surface area contributed by atoms with Crippen LogP contribution >= 0.6 is 45.2 Å². The van der Waals surface area contributed by atoms with E-state index < -0.39 is 0 Å². The molecule has 2 aromatic heterocycles. The van der Waals surface area contributed by atoms with Gasteiger partial charge in [-0.15, -0.1) is 0 Å². The van der Waals surface area contributed by atoms with Crippen LogP contribution in [0.3, 0.4) is 0 Å². The summed E-state index contributed by atoms with van der Waals surface area (Å²) in [7, 11) is 0. The molecule has 0 amide bonds. The number of nitrogens with zero attached hydrogens (tertiary/aromatic N) is 4. The lowest BCUT2D eigenvalue weighted by Gasteiger charge is -2.13. The van der Waals surface area contributed by atoms with Gasteiger partial charge in [0.1, 0.15) is 23.2 Å². The quantitative estimate of drug-likeness (QED) is 0.208. The highest BCUT2D eigenvalue weighted by atomic mass is 127. The number of aromatic nitrogens is 4. The van der Waals surface area contributed by atoms with Gasteiger partial charge in [-0.1, -0.05) is 26.0 Å². The molecule has 0 radical (unpaired) electrons. The number of hydrogen-bond acceptors (Lipinski definition) is 6. The van der Waals surface area contributed by atoms with Crippen LogP contribution in [0.15, 0.2) is 54.6 Å². The van der Waals surface area contributed by atoms with Crippen LogP contribution < -0.4 is 15.8 Å². The normalized spacial score (nSPS) is 11.4. The van der Waals surface area contributed by atoms with E-state index in [1.807, 2.05) is 53.1 Å². The van der Waals surface area contributed by atoms with Gasteiger partial charge in [-0.2, -0.15) is 9.97 Å². The van der Waals surface area contributed by atoms with Crippen molar-refractivity contribution in [3.8, 4) is 11.6 Å². The Hall–Kier alpha value is -2.15. The predicted octanol–water partition coefficient (Wildman–Crippen LogP) is 5.80. The molecule has 30 heavy (non-hydrogen) atoms. The monoisotopic (exact) mass is 626 g/mol. The molecule has 2 aromatic carbocycles. The first-order valence-electron chi connectivity index (χ1n) is 9.35. The fraction of sp³-hybridized carbons (Fsp3) is 0.190. The molecule has 0 spiro atoms. The van der Waals surface area contributed by atoms with Crippen LogP contribution in [-0.4, -0.2) is 21.6 Å². The molecule has 3 N–H and O–H groups in total. The van der Waals surface area contributed by atoms with Crippen molar-refractivity contribution in [2.75, 3.05) is 11.1 Å². The van der Waals surface area contributed by atoms with Crippen molar-refractivity contribution >= 4 is 73.7 Å². The van der Waals surface area contributed by atoms with Gasteiger partial charge in [0.05, 0.1) is 11.0 Å². The summed E-state index contributed by atoms with van der Waals surface area (Å²) in [6.45, 7) is 4.22. The second-order valence-electron chi connectivity index (χ2n) is 6.95. The van der Waals surface area contributed by atoms with Gasteiger partial charge in [-0.3, -0.25) is 4.57 Å². The smallest absolute Gasteiger partial charge is 0.231 e. The Morgan fingerprint density at radius 2 is 1.73 bits per heavy atom. The number of fused-ring (bicyclic) bond motifs is 1. The van der Waals surface area contributed by atoms with E-state index in [1.165, 1.54) is 0 Å². The van der Waals surface area contributed by atoms with Gasteiger partial charge in [-0.05, 0) is 81.6 Å². The number of para-hydroxylation sites is 2. The van der Waals surface area contributed by atoms with Gasteiger partial charge in [0.25, 0.3) is 0 Å². The molecule has 7 nitrogen and oxygen atoms in total. The molecular formula is C21H20I2N6O. The Balaban J connectivity index is 1.71. The van der Waals surface area contributed by atoms with Crippen molar-refractivity contribution in [2.24, 2.45) is 0 Å². The Morgan fingerprint density at radius 3 is 2.43 bits per heavy atom. The minimum absolute atomic E-state index is 0.0685. The van der Waals surface area contributed by atoms with E-state index in [0.717, 1.165) is 28.3 Å². The van der Waals surface area contributed by atoms with Crippen molar-refractivity contribution < 1.29 is 4.74 Å². The van der Waals surface area contributed by atoms with Crippen molar-refractivity contribution in [2.45, 2.75) is 21.9 Å². The molecule has 0 aliphatic rings. The maximum atomic E-state index is 6.12. The number of hydrogen-bond donors (Lipinski definition) is 2. The van der Waals surface area contributed by atoms with E-state index in [0.29, 0.717) is 17.6 Å². The zero-order valence-electron chi connectivity index (χ0n) is 16.4. The fourth-order valence-electron chi connectivity index (χ4n) is 3.14. The molecule has 9 heteroatoms. The lowest BCUT2D eigenvalue weighted by molar-refractivity contribution is 0.390. The van der Waals surface area contributed by atoms with Gasteiger partial charge in [0, 0.05) is 17.7 Å². The first-order chi connectivity index (χ1) is 14.4. The second-order valence-corrected chi connectivity index (χ2v) is 11.6. The SMILES string of the molecule is CC(C)c1nc2ccccc2n1-c1cc(N)nc(Nc2ccc(OC(I)I)cc2)n1. The lowest BCUT2D eigenvalue weighted by atomic mass is 10.2. The van der Waals surface area contributed by atoms with E-state index in [4.69, 9.17) is 20.4 Å². The van der Waals surface area contributed by atoms with E-state index >= 15 is 0 Å². The highest BCUT2D eigenvalue weighted by Crippen LogP contribution is 2.27. The fourth-order valence-corrected chi connectivity index (χ4v) is 3.73. The summed E-state index contributed by atoms with van der Waals surface area (Å²) in [5.41, 5.74) is 8.87. The average molecular weight is 626 g/mol. The first kappa shape index (κ1) is 21.1. The molecule has 0 bridgehead atoms. The van der Waals surface area contributed by atoms with E-state index in [2.05, 4.69) is 69.3 Å². The number of rotatable bonds is 6. The average Bonchev–Trinajstić information content (AvgIpc) is 3.09. The summed E-state index contributed by atoms with van der Waals surface area (Å²) < 4.78 is 7.78. The van der Waals surface area contributed by atoms with Crippen LogP contribution in [0.25, 0.3) is 16.9 Å². The maximum absolute atomic E-state index is 6.12. The second kappa shape index (κ2) is 8.92. The van der Waals surface area contributed by atoms with Gasteiger partial charge in [0.15, 0.2) is 2.12 Å². The Morgan fingerprint density at radius 1 is 1.00 bits per heavy atom. The third-order valence-corrected chi connectivity index (χ3v) is 4.91. The van der Waals surface area contributed by atoms with Gasteiger partial charge in [-0.25, -0.2) is 4.98 Å². The Bertz CT molecular complexity index is 1170. The summed E-state index contributed by atoms with van der Waals surface area (Å²) in [5.74, 6) is 3.43. The van der Waals surface area contributed by atoms with Crippen LogP contribution in [0.5, 0.6) is 5.75 Å². The topological polar surface area (TPSA) is 90.9 Å². The first-order valence-corrected chi connectivity index (χ1v) is 11.8. The highest BCUT2D eigenvalue weighted by Gasteiger charge is 2.17. The van der Waals surface area contributed by atoms with Crippen LogP contribution in [0.4, 0.5) is 17.5 Å². The molecule has 0 saturated carbocycles. The Kier molecular flexibility index (Phi) is 6.27. The number of anilines is 3.